The van der Waals surface area contributed by atoms with Crippen LogP contribution in [0.1, 0.15) is 27.2 Å². The van der Waals surface area contributed by atoms with Crippen LogP contribution in [0.4, 0.5) is 4.79 Å². The number of aromatic nitrogens is 3. The maximum absolute atomic E-state index is 13.6. The summed E-state index contributed by atoms with van der Waals surface area (Å²) in [5.74, 6) is 0.495. The number of amides is 2. The Kier molecular flexibility index (Phi) is 7.42. The van der Waals surface area contributed by atoms with Crippen molar-refractivity contribution in [1.82, 2.24) is 25.0 Å². The van der Waals surface area contributed by atoms with Crippen molar-refractivity contribution in [2.24, 2.45) is 5.41 Å². The molecule has 1 aliphatic heterocycles. The van der Waals surface area contributed by atoms with E-state index in [2.05, 4.69) is 15.4 Å². The fraction of sp³-hybridized carbons (Fsp3) is 0.423. The second kappa shape index (κ2) is 10.6. The van der Waals surface area contributed by atoms with Gasteiger partial charge in [0.25, 0.3) is 0 Å². The number of fused-ring (bicyclic) bond motifs is 1. The molecule has 12 heteroatoms. The molecule has 12 nitrogen and oxygen atoms in total. The van der Waals surface area contributed by atoms with Gasteiger partial charge in [0.15, 0.2) is 5.82 Å². The topological polar surface area (TPSA) is 145 Å². The van der Waals surface area contributed by atoms with Crippen molar-refractivity contribution in [2.75, 3.05) is 20.8 Å². The van der Waals surface area contributed by atoms with Gasteiger partial charge in [-0.1, -0.05) is 20.8 Å². The first kappa shape index (κ1) is 26.7. The number of hydrogen-bond acceptors (Lipinski definition) is 8. The molecule has 38 heavy (non-hydrogen) atoms. The van der Waals surface area contributed by atoms with Crippen LogP contribution < -0.4 is 14.8 Å². The van der Waals surface area contributed by atoms with E-state index in [0.717, 1.165) is 0 Å². The number of nitrogens with one attached hydrogen (secondary N) is 1. The van der Waals surface area contributed by atoms with E-state index in [0.29, 0.717) is 28.2 Å². The summed E-state index contributed by atoms with van der Waals surface area (Å²) in [6.07, 6.45) is 1.65. The van der Waals surface area contributed by atoms with Crippen molar-refractivity contribution >= 4 is 28.9 Å². The zero-order valence-electron chi connectivity index (χ0n) is 21.9. The van der Waals surface area contributed by atoms with Crippen molar-refractivity contribution in [1.29, 1.82) is 0 Å². The summed E-state index contributed by atoms with van der Waals surface area (Å²) < 4.78 is 18.3. The van der Waals surface area contributed by atoms with Crippen LogP contribution in [0.15, 0.2) is 42.7 Å². The highest BCUT2D eigenvalue weighted by Crippen LogP contribution is 2.33. The van der Waals surface area contributed by atoms with Gasteiger partial charge in [0, 0.05) is 36.3 Å². The number of benzene rings is 1. The number of methoxy groups -OCH3 is 2. The van der Waals surface area contributed by atoms with E-state index in [1.807, 2.05) is 6.07 Å². The molecule has 2 aromatic heterocycles. The van der Waals surface area contributed by atoms with Crippen molar-refractivity contribution in [2.45, 2.75) is 45.4 Å². The normalized spacial score (nSPS) is 18.2. The Labute approximate surface area is 219 Å². The van der Waals surface area contributed by atoms with Gasteiger partial charge in [0.2, 0.25) is 5.91 Å². The number of rotatable bonds is 7. The number of hydrogen-bond donors (Lipinski definition) is 2. The van der Waals surface area contributed by atoms with E-state index in [4.69, 9.17) is 14.2 Å². The number of likely N-dealkylation sites (tertiary alicyclic amines) is 1. The quantitative estimate of drug-likeness (QED) is 0.445. The van der Waals surface area contributed by atoms with Crippen LogP contribution in [0.3, 0.4) is 0 Å². The predicted octanol–water partition coefficient (Wildman–Crippen LogP) is 2.63. The molecule has 2 amide bonds. The van der Waals surface area contributed by atoms with Gasteiger partial charge in [-0.05, 0) is 23.6 Å². The first-order chi connectivity index (χ1) is 18.0. The third-order valence-corrected chi connectivity index (χ3v) is 6.40. The monoisotopic (exact) mass is 525 g/mol. The van der Waals surface area contributed by atoms with Gasteiger partial charge in [-0.3, -0.25) is 4.79 Å². The minimum atomic E-state index is -1.33. The first-order valence-electron chi connectivity index (χ1n) is 12.0. The van der Waals surface area contributed by atoms with Crippen LogP contribution in [-0.2, 0) is 14.3 Å². The minimum absolute atomic E-state index is 0.0591. The smallest absolute Gasteiger partial charge is 0.405 e. The molecule has 0 saturated carbocycles. The fourth-order valence-electron chi connectivity index (χ4n) is 4.51. The fourth-order valence-corrected chi connectivity index (χ4v) is 4.51. The molecule has 0 bridgehead atoms. The van der Waals surface area contributed by atoms with Gasteiger partial charge in [-0.15, -0.1) is 0 Å². The van der Waals surface area contributed by atoms with Crippen molar-refractivity contribution in [3.8, 4) is 17.3 Å². The highest BCUT2D eigenvalue weighted by molar-refractivity contribution is 5.91. The molecule has 1 aromatic carbocycles. The molecule has 0 spiro atoms. The van der Waals surface area contributed by atoms with Crippen LogP contribution in [0.5, 0.6) is 11.5 Å². The van der Waals surface area contributed by atoms with Crippen LogP contribution in [0.2, 0.25) is 0 Å². The molecular weight excluding hydrogens is 494 g/mol. The second-order valence-corrected chi connectivity index (χ2v) is 10.1. The van der Waals surface area contributed by atoms with Gasteiger partial charge in [-0.2, -0.15) is 5.10 Å². The molecule has 0 radical (unpaired) electrons. The standard InChI is InChI=1S/C26H31N5O7/c1-26(2,3)22(29-25(34)35)23(32)30-14-16(12-19(30)24(33)37-5)38-20-13-21(31-10-6-9-27-31)28-18-11-15(36-4)7-8-17(18)20/h6-11,13,16,19,22,29H,12,14H2,1-5H3,(H,34,35)/t16-,19+,22-/m1/s1. The average molecular weight is 526 g/mol. The van der Waals surface area contributed by atoms with Gasteiger partial charge in [0.1, 0.15) is 29.7 Å². The third kappa shape index (κ3) is 5.48. The Morgan fingerprint density at radius 1 is 1.18 bits per heavy atom. The lowest BCUT2D eigenvalue weighted by Gasteiger charge is -2.34. The molecule has 2 N–H and O–H groups in total. The van der Waals surface area contributed by atoms with E-state index in [1.54, 1.807) is 69.2 Å². The lowest BCUT2D eigenvalue weighted by Crippen LogP contribution is -2.56. The largest absolute Gasteiger partial charge is 0.497 e. The lowest BCUT2D eigenvalue weighted by molar-refractivity contribution is -0.152. The van der Waals surface area contributed by atoms with Crippen molar-refractivity contribution < 1.29 is 33.7 Å². The van der Waals surface area contributed by atoms with Gasteiger partial charge in [0.05, 0.1) is 26.3 Å². The lowest BCUT2D eigenvalue weighted by atomic mass is 9.85. The van der Waals surface area contributed by atoms with Crippen LogP contribution >= 0.6 is 0 Å². The Morgan fingerprint density at radius 3 is 2.55 bits per heavy atom. The second-order valence-electron chi connectivity index (χ2n) is 10.1. The number of carbonyl (C=O) groups is 3. The highest BCUT2D eigenvalue weighted by atomic mass is 16.5. The van der Waals surface area contributed by atoms with E-state index in [-0.39, 0.29) is 13.0 Å². The zero-order chi connectivity index (χ0) is 27.6. The Bertz CT molecular complexity index is 1340. The molecule has 202 valence electrons. The summed E-state index contributed by atoms with van der Waals surface area (Å²) in [5, 5.41) is 16.6. The highest BCUT2D eigenvalue weighted by Gasteiger charge is 2.46. The number of pyridine rings is 1. The molecule has 4 rings (SSSR count). The molecule has 1 saturated heterocycles. The number of nitrogens with zero attached hydrogens (tertiary/aromatic N) is 4. The molecule has 3 atom stereocenters. The van der Waals surface area contributed by atoms with E-state index in [1.165, 1.54) is 12.0 Å². The Balaban J connectivity index is 1.69. The van der Waals surface area contributed by atoms with Crippen LogP contribution in [-0.4, -0.2) is 81.7 Å². The number of carbonyl (C=O) groups excluding carboxylic acids is 2. The van der Waals surface area contributed by atoms with Gasteiger partial charge >= 0.3 is 12.1 Å². The number of esters is 1. The molecule has 0 aliphatic carbocycles. The van der Waals surface area contributed by atoms with Gasteiger partial charge in [-0.25, -0.2) is 19.3 Å². The van der Waals surface area contributed by atoms with Crippen LogP contribution in [0.25, 0.3) is 16.7 Å². The predicted molar refractivity (Wildman–Crippen MR) is 136 cm³/mol. The Hall–Kier alpha value is -4.35. The maximum atomic E-state index is 13.6. The molecule has 0 unspecified atom stereocenters. The summed E-state index contributed by atoms with van der Waals surface area (Å²) in [6.45, 7) is 5.30. The van der Waals surface area contributed by atoms with Crippen molar-refractivity contribution in [3.63, 3.8) is 0 Å². The summed E-state index contributed by atoms with van der Waals surface area (Å²) in [6, 6.07) is 6.90. The van der Waals surface area contributed by atoms with E-state index >= 15 is 0 Å². The minimum Gasteiger partial charge on any atom is -0.497 e. The van der Waals surface area contributed by atoms with Gasteiger partial charge < -0.3 is 29.5 Å². The third-order valence-electron chi connectivity index (χ3n) is 6.40. The molecule has 3 heterocycles. The Morgan fingerprint density at radius 2 is 1.95 bits per heavy atom. The maximum Gasteiger partial charge on any atom is 0.405 e. The first-order valence-corrected chi connectivity index (χ1v) is 12.0. The van der Waals surface area contributed by atoms with Crippen LogP contribution in [0, 0.1) is 5.41 Å². The zero-order valence-corrected chi connectivity index (χ0v) is 21.9. The average Bonchev–Trinajstić information content (AvgIpc) is 3.56. The summed E-state index contributed by atoms with van der Waals surface area (Å²) in [7, 11) is 2.81. The molecular formula is C26H31N5O7. The molecule has 1 fully saturated rings. The SMILES string of the molecule is COC(=O)[C@@H]1C[C@@H](Oc2cc(-n3cccn3)nc3cc(OC)ccc23)CN1C(=O)[C@@H](NC(=O)O)C(C)(C)C. The number of carboxylic acid groups (broad SMARTS) is 1. The summed E-state index contributed by atoms with van der Waals surface area (Å²) in [4.78, 5) is 43.7. The van der Waals surface area contributed by atoms with E-state index in [9.17, 15) is 19.5 Å². The van der Waals surface area contributed by atoms with E-state index < -0.39 is 41.6 Å². The summed E-state index contributed by atoms with van der Waals surface area (Å²) in [5.41, 5.74) is -0.130. The molecule has 1 aliphatic rings. The summed E-state index contributed by atoms with van der Waals surface area (Å²) >= 11 is 0. The molecule has 3 aromatic rings. The van der Waals surface area contributed by atoms with Crippen molar-refractivity contribution in [3.05, 3.63) is 42.7 Å². The number of ether oxygens (including phenoxy) is 3.